The van der Waals surface area contributed by atoms with Crippen LogP contribution in [-0.4, -0.2) is 36.8 Å². The van der Waals surface area contributed by atoms with Gasteiger partial charge in [-0.2, -0.15) is 4.72 Å². The number of nitrogens with zero attached hydrogens (tertiary/aromatic N) is 2. The second-order valence-electron chi connectivity index (χ2n) is 5.89. The molecule has 1 N–H and O–H groups in total. The molecule has 1 atom stereocenters. The van der Waals surface area contributed by atoms with Gasteiger partial charge in [0.05, 0.1) is 0 Å². The predicted octanol–water partition coefficient (Wildman–Crippen LogP) is 3.09. The van der Waals surface area contributed by atoms with Crippen LogP contribution in [0, 0.1) is 0 Å². The Hall–Kier alpha value is -1.52. The Morgan fingerprint density at radius 3 is 2.96 bits per heavy atom. The van der Waals surface area contributed by atoms with Crippen LogP contribution >= 0.6 is 34.3 Å². The Labute approximate surface area is 163 Å². The van der Waals surface area contributed by atoms with Crippen molar-refractivity contribution in [2.45, 2.75) is 23.2 Å². The van der Waals surface area contributed by atoms with Crippen LogP contribution in [0.5, 0.6) is 0 Å². The average molecular weight is 428 g/mol. The zero-order valence-corrected chi connectivity index (χ0v) is 16.6. The van der Waals surface area contributed by atoms with Crippen LogP contribution in [0.3, 0.4) is 0 Å². The van der Waals surface area contributed by atoms with E-state index in [0.717, 1.165) is 27.0 Å². The number of pyridine rings is 1. The van der Waals surface area contributed by atoms with E-state index in [2.05, 4.69) is 9.71 Å². The highest BCUT2D eigenvalue weighted by molar-refractivity contribution is 7.91. The van der Waals surface area contributed by atoms with Gasteiger partial charge in [0, 0.05) is 29.4 Å². The van der Waals surface area contributed by atoms with E-state index in [1.807, 2.05) is 11.4 Å². The maximum atomic E-state index is 12.7. The van der Waals surface area contributed by atoms with Gasteiger partial charge >= 0.3 is 0 Å². The van der Waals surface area contributed by atoms with Crippen molar-refractivity contribution in [2.75, 3.05) is 6.54 Å². The second-order valence-corrected chi connectivity index (χ2v) is 10.0. The summed E-state index contributed by atoms with van der Waals surface area (Å²) in [6.45, 7) is 0.882. The quantitative estimate of drug-likeness (QED) is 0.634. The summed E-state index contributed by atoms with van der Waals surface area (Å²) >= 11 is 8.88. The van der Waals surface area contributed by atoms with Gasteiger partial charge in [-0.3, -0.25) is 4.79 Å². The van der Waals surface area contributed by atoms with Crippen LogP contribution in [0.25, 0.3) is 10.1 Å². The van der Waals surface area contributed by atoms with Crippen molar-refractivity contribution in [2.24, 2.45) is 0 Å². The van der Waals surface area contributed by atoms with E-state index in [0.29, 0.717) is 24.7 Å². The molecule has 1 fully saturated rings. The second kappa shape index (κ2) is 6.90. The third-order valence-electron chi connectivity index (χ3n) is 4.23. The molecule has 4 rings (SSSR count). The molecule has 0 aliphatic carbocycles. The Bertz CT molecular complexity index is 1060. The van der Waals surface area contributed by atoms with Gasteiger partial charge < -0.3 is 4.90 Å². The number of fused-ring (bicyclic) bond motifs is 1. The first-order valence-electron chi connectivity index (χ1n) is 7.81. The van der Waals surface area contributed by atoms with Gasteiger partial charge in [-0.05, 0) is 34.9 Å². The van der Waals surface area contributed by atoms with E-state index in [4.69, 9.17) is 11.6 Å². The minimum absolute atomic E-state index is 0.213. The first kappa shape index (κ1) is 17.9. The summed E-state index contributed by atoms with van der Waals surface area (Å²) in [4.78, 5) is 18.4. The summed E-state index contributed by atoms with van der Waals surface area (Å²) in [7, 11) is -3.67. The molecule has 1 aliphatic rings. The summed E-state index contributed by atoms with van der Waals surface area (Å²) in [6, 6.07) is 4.35. The van der Waals surface area contributed by atoms with E-state index in [1.165, 1.54) is 6.07 Å². The van der Waals surface area contributed by atoms with Gasteiger partial charge in [-0.25, -0.2) is 13.4 Å². The summed E-state index contributed by atoms with van der Waals surface area (Å²) in [6.07, 6.45) is 2.10. The lowest BCUT2D eigenvalue weighted by atomic mass is 10.2. The third kappa shape index (κ3) is 3.25. The van der Waals surface area contributed by atoms with E-state index in [1.54, 1.807) is 33.9 Å². The van der Waals surface area contributed by atoms with Crippen molar-refractivity contribution in [1.82, 2.24) is 14.6 Å². The first-order chi connectivity index (χ1) is 12.5. The molecule has 26 heavy (non-hydrogen) atoms. The van der Waals surface area contributed by atoms with Crippen molar-refractivity contribution in [3.63, 3.8) is 0 Å². The van der Waals surface area contributed by atoms with Gasteiger partial charge in [0.1, 0.15) is 15.4 Å². The van der Waals surface area contributed by atoms with E-state index < -0.39 is 16.1 Å². The topological polar surface area (TPSA) is 79.4 Å². The number of nitrogens with one attached hydrogen (secondary N) is 1. The lowest BCUT2D eigenvalue weighted by Gasteiger charge is -2.17. The zero-order chi connectivity index (χ0) is 18.3. The van der Waals surface area contributed by atoms with Crippen molar-refractivity contribution in [3.05, 3.63) is 45.9 Å². The summed E-state index contributed by atoms with van der Waals surface area (Å²) in [5.41, 5.74) is 0.929. The number of rotatable bonds is 5. The molecule has 3 aromatic rings. The van der Waals surface area contributed by atoms with Crippen LogP contribution in [0.15, 0.2) is 39.4 Å². The molecule has 136 valence electrons. The molecule has 0 aromatic carbocycles. The van der Waals surface area contributed by atoms with Crippen molar-refractivity contribution >= 4 is 60.3 Å². The summed E-state index contributed by atoms with van der Waals surface area (Å²) < 4.78 is 28.4. The zero-order valence-electron chi connectivity index (χ0n) is 13.4. The summed E-state index contributed by atoms with van der Waals surface area (Å²) in [5, 5.41) is 4.93. The Morgan fingerprint density at radius 1 is 1.35 bits per heavy atom. The van der Waals surface area contributed by atoms with Crippen molar-refractivity contribution < 1.29 is 13.2 Å². The number of hydrogen-bond donors (Lipinski definition) is 1. The number of sulfonamides is 1. The lowest BCUT2D eigenvalue weighted by Crippen LogP contribution is -2.41. The van der Waals surface area contributed by atoms with Crippen LogP contribution < -0.4 is 4.72 Å². The molecule has 0 saturated carbocycles. The number of halogens is 1. The maximum Gasteiger partial charge on any atom is 0.250 e. The maximum absolute atomic E-state index is 12.7. The van der Waals surface area contributed by atoms with Crippen LogP contribution in [0.1, 0.15) is 12.0 Å². The van der Waals surface area contributed by atoms with Crippen LogP contribution in [0.4, 0.5) is 0 Å². The molecule has 10 heteroatoms. The number of amides is 1. The minimum atomic E-state index is -3.67. The normalized spacial score (nSPS) is 18.1. The fourth-order valence-electron chi connectivity index (χ4n) is 2.99. The molecule has 0 bridgehead atoms. The predicted molar refractivity (Wildman–Crippen MR) is 103 cm³/mol. The smallest absolute Gasteiger partial charge is 0.250 e. The van der Waals surface area contributed by atoms with Crippen LogP contribution in [-0.2, 0) is 21.4 Å². The monoisotopic (exact) mass is 427 g/mol. The molecule has 6 nitrogen and oxygen atoms in total. The molecule has 0 spiro atoms. The molecule has 0 unspecified atom stereocenters. The van der Waals surface area contributed by atoms with E-state index in [-0.39, 0.29) is 10.1 Å². The Balaban J connectivity index is 1.51. The van der Waals surface area contributed by atoms with E-state index >= 15 is 0 Å². The lowest BCUT2D eigenvalue weighted by molar-refractivity contribution is -0.129. The van der Waals surface area contributed by atoms with E-state index in [9.17, 15) is 13.2 Å². The summed E-state index contributed by atoms with van der Waals surface area (Å²) in [5.74, 6) is -0.218. The molecule has 0 radical (unpaired) electrons. The first-order valence-corrected chi connectivity index (χ1v) is 11.4. The van der Waals surface area contributed by atoms with Crippen LogP contribution in [0.2, 0.25) is 5.15 Å². The van der Waals surface area contributed by atoms with Gasteiger partial charge in [0.15, 0.2) is 0 Å². The molecular weight excluding hydrogens is 414 g/mol. The van der Waals surface area contributed by atoms with Gasteiger partial charge in [0.25, 0.3) is 10.0 Å². The molecule has 4 heterocycles. The molecule has 3 aromatic heterocycles. The molecule has 1 aliphatic heterocycles. The van der Waals surface area contributed by atoms with Crippen molar-refractivity contribution in [3.8, 4) is 0 Å². The largest absolute Gasteiger partial charge is 0.337 e. The van der Waals surface area contributed by atoms with Gasteiger partial charge in [-0.15, -0.1) is 22.7 Å². The highest BCUT2D eigenvalue weighted by Crippen LogP contribution is 2.32. The third-order valence-corrected chi connectivity index (χ3v) is 8.38. The van der Waals surface area contributed by atoms with Gasteiger partial charge in [-0.1, -0.05) is 17.7 Å². The highest BCUT2D eigenvalue weighted by atomic mass is 35.5. The highest BCUT2D eigenvalue weighted by Gasteiger charge is 2.35. The molecular formula is C16H14ClN3O3S3. The molecule has 1 saturated heterocycles. The number of carbonyl (C=O) groups excluding carboxylic acids is 1. The molecule has 1 amide bonds. The van der Waals surface area contributed by atoms with Crippen molar-refractivity contribution in [1.29, 1.82) is 0 Å². The fourth-order valence-corrected chi connectivity index (χ4v) is 6.51. The Morgan fingerprint density at radius 2 is 2.19 bits per heavy atom. The minimum Gasteiger partial charge on any atom is -0.337 e. The number of aromatic nitrogens is 1. The fraction of sp³-hybridized carbons (Fsp3) is 0.250. The number of likely N-dealkylation sites (tertiary alicyclic amines) is 1. The van der Waals surface area contributed by atoms with Gasteiger partial charge in [0.2, 0.25) is 5.91 Å². The number of carbonyl (C=O) groups is 1. The number of thiophene rings is 2. The Kier molecular flexibility index (Phi) is 4.74. The standard InChI is InChI=1S/C16H14ClN3O3S3/c17-15-14-10(9-25-12(14)3-5-18-15)8-20-6-4-11(16(20)21)19-26(22,23)13-2-1-7-24-13/h1-3,5,7,9,11,19H,4,6,8H2/t11-/m0/s1. The SMILES string of the molecule is O=C1[C@@H](NS(=O)(=O)c2cccs2)CCN1Cc1csc2ccnc(Cl)c12. The average Bonchev–Trinajstić information content (AvgIpc) is 3.32. The number of hydrogen-bond acceptors (Lipinski definition) is 6.